The van der Waals surface area contributed by atoms with E-state index >= 15 is 0 Å². The van der Waals surface area contributed by atoms with Crippen LogP contribution in [0.2, 0.25) is 0 Å². The minimum absolute atomic E-state index is 0.0424. The zero-order valence-electron chi connectivity index (χ0n) is 7.40. The maximum atomic E-state index is 12.5. The molecule has 0 aliphatic carbocycles. The van der Waals surface area contributed by atoms with Crippen molar-refractivity contribution < 1.29 is 12.8 Å². The first-order valence-electron chi connectivity index (χ1n) is 3.92. The minimum Gasteiger partial charge on any atom is -0.207 e. The molecule has 1 aromatic carbocycles. The van der Waals surface area contributed by atoms with Crippen molar-refractivity contribution >= 4 is 10.0 Å². The third kappa shape index (κ3) is 2.65. The van der Waals surface area contributed by atoms with Gasteiger partial charge in [-0.15, -0.1) is 6.58 Å². The molecule has 0 aliphatic rings. The van der Waals surface area contributed by atoms with Crippen molar-refractivity contribution in [3.8, 4) is 0 Å². The third-order valence-corrected chi connectivity index (χ3v) is 2.98. The molecule has 0 radical (unpaired) electrons. The van der Waals surface area contributed by atoms with Gasteiger partial charge in [0.25, 0.3) is 0 Å². The molecule has 76 valence electrons. The molecule has 0 aromatic heterocycles. The average Bonchev–Trinajstić information content (AvgIpc) is 2.16. The zero-order chi connectivity index (χ0) is 10.6. The molecule has 0 heterocycles. The van der Waals surface area contributed by atoms with Gasteiger partial charge in [0, 0.05) is 6.54 Å². The van der Waals surface area contributed by atoms with Crippen molar-refractivity contribution in [2.75, 3.05) is 6.54 Å². The Kier molecular flexibility index (Phi) is 3.38. The number of sulfonamides is 1. The Morgan fingerprint density at radius 2 is 1.93 bits per heavy atom. The number of nitrogens with one attached hydrogen (secondary N) is 1. The smallest absolute Gasteiger partial charge is 0.207 e. The zero-order valence-corrected chi connectivity index (χ0v) is 8.22. The summed E-state index contributed by atoms with van der Waals surface area (Å²) in [7, 11) is -3.53. The van der Waals surface area contributed by atoms with E-state index in [2.05, 4.69) is 11.3 Å². The second-order valence-electron chi connectivity index (χ2n) is 2.59. The highest BCUT2D eigenvalue weighted by molar-refractivity contribution is 7.89. The number of benzene rings is 1. The summed E-state index contributed by atoms with van der Waals surface area (Å²) in [5.74, 6) is -0.465. The van der Waals surface area contributed by atoms with Crippen LogP contribution in [-0.2, 0) is 10.0 Å². The molecule has 1 N–H and O–H groups in total. The summed E-state index contributed by atoms with van der Waals surface area (Å²) in [4.78, 5) is 0.0424. The highest BCUT2D eigenvalue weighted by atomic mass is 32.2. The number of rotatable bonds is 4. The van der Waals surface area contributed by atoms with E-state index in [0.29, 0.717) is 0 Å². The maximum absolute atomic E-state index is 12.5. The van der Waals surface area contributed by atoms with Crippen LogP contribution < -0.4 is 4.72 Å². The predicted molar refractivity (Wildman–Crippen MR) is 51.8 cm³/mol. The standard InChI is InChI=1S/C9H10FNO2S/c1-2-7-11-14(12,13)9-5-3-8(10)4-6-9/h2-6,11H,1,7H2. The van der Waals surface area contributed by atoms with Crippen LogP contribution in [0, 0.1) is 5.82 Å². The van der Waals surface area contributed by atoms with Gasteiger partial charge in [-0.3, -0.25) is 0 Å². The van der Waals surface area contributed by atoms with Gasteiger partial charge in [-0.2, -0.15) is 0 Å². The van der Waals surface area contributed by atoms with Crippen LogP contribution in [0.25, 0.3) is 0 Å². The van der Waals surface area contributed by atoms with Crippen LogP contribution in [0.15, 0.2) is 41.8 Å². The summed E-state index contributed by atoms with van der Waals surface area (Å²) >= 11 is 0. The van der Waals surface area contributed by atoms with Crippen LogP contribution in [0.1, 0.15) is 0 Å². The first-order valence-corrected chi connectivity index (χ1v) is 5.41. The lowest BCUT2D eigenvalue weighted by Gasteiger charge is -2.03. The summed E-state index contributed by atoms with van der Waals surface area (Å²) in [6.45, 7) is 3.54. The van der Waals surface area contributed by atoms with Gasteiger partial charge in [0.05, 0.1) is 4.90 Å². The molecule has 0 saturated heterocycles. The van der Waals surface area contributed by atoms with E-state index < -0.39 is 15.8 Å². The quantitative estimate of drug-likeness (QED) is 0.769. The van der Waals surface area contributed by atoms with E-state index in [4.69, 9.17) is 0 Å². The summed E-state index contributed by atoms with van der Waals surface area (Å²) in [6.07, 6.45) is 1.43. The Hall–Kier alpha value is -1.20. The van der Waals surface area contributed by atoms with Gasteiger partial charge in [-0.1, -0.05) is 6.08 Å². The Morgan fingerprint density at radius 1 is 1.36 bits per heavy atom. The van der Waals surface area contributed by atoms with E-state index in [1.54, 1.807) is 0 Å². The Bertz CT molecular complexity index is 411. The lowest BCUT2D eigenvalue weighted by Crippen LogP contribution is -2.23. The number of halogens is 1. The molecule has 3 nitrogen and oxygen atoms in total. The summed E-state index contributed by atoms with van der Waals surface area (Å²) < 4.78 is 37.6. The number of hydrogen-bond donors (Lipinski definition) is 1. The summed E-state index contributed by atoms with van der Waals surface area (Å²) in [5, 5.41) is 0. The van der Waals surface area contributed by atoms with E-state index in [0.717, 1.165) is 12.1 Å². The topological polar surface area (TPSA) is 46.2 Å². The molecular weight excluding hydrogens is 205 g/mol. The van der Waals surface area contributed by atoms with Gasteiger partial charge in [0.2, 0.25) is 10.0 Å². The monoisotopic (exact) mass is 215 g/mol. The minimum atomic E-state index is -3.53. The van der Waals surface area contributed by atoms with Gasteiger partial charge < -0.3 is 0 Å². The maximum Gasteiger partial charge on any atom is 0.240 e. The molecule has 0 fully saturated rings. The number of hydrogen-bond acceptors (Lipinski definition) is 2. The van der Waals surface area contributed by atoms with E-state index in [9.17, 15) is 12.8 Å². The van der Waals surface area contributed by atoms with E-state index in [1.165, 1.54) is 18.2 Å². The van der Waals surface area contributed by atoms with Gasteiger partial charge in [-0.25, -0.2) is 17.5 Å². The van der Waals surface area contributed by atoms with Gasteiger partial charge in [0.15, 0.2) is 0 Å². The van der Waals surface area contributed by atoms with Gasteiger partial charge >= 0.3 is 0 Å². The molecule has 0 spiro atoms. The Morgan fingerprint density at radius 3 is 2.43 bits per heavy atom. The van der Waals surface area contributed by atoms with Gasteiger partial charge in [0.1, 0.15) is 5.82 Å². The first kappa shape index (κ1) is 10.9. The van der Waals surface area contributed by atoms with E-state index in [-0.39, 0.29) is 11.4 Å². The summed E-state index contributed by atoms with van der Waals surface area (Å²) in [5.41, 5.74) is 0. The molecule has 14 heavy (non-hydrogen) atoms. The van der Waals surface area contributed by atoms with E-state index in [1.807, 2.05) is 0 Å². The van der Waals surface area contributed by atoms with Crippen molar-refractivity contribution in [1.82, 2.24) is 4.72 Å². The molecule has 0 atom stereocenters. The SMILES string of the molecule is C=CCNS(=O)(=O)c1ccc(F)cc1. The molecular formula is C9H10FNO2S. The first-order chi connectivity index (χ1) is 6.56. The van der Waals surface area contributed by atoms with Crippen LogP contribution in [0.3, 0.4) is 0 Å². The highest BCUT2D eigenvalue weighted by Gasteiger charge is 2.11. The van der Waals surface area contributed by atoms with Crippen LogP contribution >= 0.6 is 0 Å². The van der Waals surface area contributed by atoms with Crippen LogP contribution in [0.4, 0.5) is 4.39 Å². The second kappa shape index (κ2) is 4.34. The Labute approximate surface area is 82.3 Å². The molecule has 0 saturated carbocycles. The van der Waals surface area contributed by atoms with Crippen LogP contribution in [0.5, 0.6) is 0 Å². The van der Waals surface area contributed by atoms with Crippen molar-refractivity contribution in [2.45, 2.75) is 4.90 Å². The highest BCUT2D eigenvalue weighted by Crippen LogP contribution is 2.08. The van der Waals surface area contributed by atoms with Gasteiger partial charge in [-0.05, 0) is 24.3 Å². The fraction of sp³-hybridized carbons (Fsp3) is 0.111. The fourth-order valence-corrected chi connectivity index (χ4v) is 1.86. The molecule has 5 heteroatoms. The molecule has 0 amide bonds. The fourth-order valence-electron chi connectivity index (χ4n) is 0.866. The van der Waals surface area contributed by atoms with Crippen molar-refractivity contribution in [3.05, 3.63) is 42.7 Å². The molecule has 0 bridgehead atoms. The second-order valence-corrected chi connectivity index (χ2v) is 4.36. The van der Waals surface area contributed by atoms with Crippen LogP contribution in [-0.4, -0.2) is 15.0 Å². The lowest BCUT2D eigenvalue weighted by molar-refractivity contribution is 0.584. The largest absolute Gasteiger partial charge is 0.240 e. The molecule has 1 aromatic rings. The summed E-state index contributed by atoms with van der Waals surface area (Å²) in [6, 6.07) is 4.62. The third-order valence-electron chi connectivity index (χ3n) is 1.54. The molecule has 0 unspecified atom stereocenters. The van der Waals surface area contributed by atoms with Crippen molar-refractivity contribution in [3.63, 3.8) is 0 Å². The van der Waals surface area contributed by atoms with Crippen molar-refractivity contribution in [2.24, 2.45) is 0 Å². The molecule has 1 rings (SSSR count). The van der Waals surface area contributed by atoms with Crippen molar-refractivity contribution in [1.29, 1.82) is 0 Å². The molecule has 0 aliphatic heterocycles. The Balaban J connectivity index is 2.93. The average molecular weight is 215 g/mol. The lowest BCUT2D eigenvalue weighted by atomic mass is 10.4. The predicted octanol–water partition coefficient (Wildman–Crippen LogP) is 1.29. The normalized spacial score (nSPS) is 11.2.